The quantitative estimate of drug-likeness (QED) is 0.577. The van der Waals surface area contributed by atoms with Crippen molar-refractivity contribution in [1.82, 2.24) is 10.2 Å². The van der Waals surface area contributed by atoms with E-state index < -0.39 is 0 Å². The smallest absolute Gasteiger partial charge is 0.304 e. The molecule has 0 aliphatic carbocycles. The van der Waals surface area contributed by atoms with E-state index >= 15 is 0 Å². The van der Waals surface area contributed by atoms with Gasteiger partial charge in [-0.15, -0.1) is 0 Å². The molecule has 1 N–H and O–H groups in total. The van der Waals surface area contributed by atoms with Crippen LogP contribution in [0.4, 0.5) is 0 Å². The van der Waals surface area contributed by atoms with Crippen LogP contribution in [-0.2, 0) is 0 Å². The molecule has 2 saturated heterocycles. The normalized spacial score (nSPS) is 40.7. The molecule has 12 heavy (non-hydrogen) atoms. The fraction of sp³-hybridized carbons (Fsp3) is 0.889. The third kappa shape index (κ3) is 0.769. The van der Waals surface area contributed by atoms with Gasteiger partial charge in [-0.05, 0) is 13.8 Å². The first kappa shape index (κ1) is 8.03. The average molecular weight is 165 g/mol. The van der Waals surface area contributed by atoms with Crippen LogP contribution in [0.2, 0.25) is 0 Å². The molecule has 2 atom stereocenters. The van der Waals surface area contributed by atoms with Gasteiger partial charge in [0.2, 0.25) is 0 Å². The van der Waals surface area contributed by atoms with Crippen molar-refractivity contribution in [2.24, 2.45) is 0 Å². The van der Waals surface area contributed by atoms with E-state index in [4.69, 9.17) is 6.57 Å². The zero-order valence-corrected chi connectivity index (χ0v) is 7.67. The monoisotopic (exact) mass is 165 g/mol. The Labute approximate surface area is 73.6 Å². The standard InChI is InChI=1S/C9H15N3/c1-7(2)12-6-8-9(12,10-3)4-5-11-8/h7-8,11H,4-6H2,1-2H3/t8-,9-/m0/s1. The Bertz CT molecular complexity index is 230. The molecule has 0 bridgehead atoms. The lowest BCUT2D eigenvalue weighted by Gasteiger charge is -2.47. The van der Waals surface area contributed by atoms with Crippen LogP contribution in [0.3, 0.4) is 0 Å². The molecule has 66 valence electrons. The highest BCUT2D eigenvalue weighted by atomic mass is 15.4. The number of hydrogen-bond acceptors (Lipinski definition) is 2. The molecule has 2 fully saturated rings. The molecule has 2 aliphatic rings. The van der Waals surface area contributed by atoms with E-state index in [2.05, 4.69) is 28.9 Å². The van der Waals surface area contributed by atoms with Crippen molar-refractivity contribution >= 4 is 0 Å². The Morgan fingerprint density at radius 1 is 1.67 bits per heavy atom. The molecule has 0 unspecified atom stereocenters. The third-order valence-corrected chi connectivity index (χ3v) is 3.14. The van der Waals surface area contributed by atoms with E-state index in [1.807, 2.05) is 0 Å². The van der Waals surface area contributed by atoms with Gasteiger partial charge in [0.05, 0.1) is 6.42 Å². The molecule has 0 aromatic heterocycles. The Hall–Kier alpha value is -0.590. The summed E-state index contributed by atoms with van der Waals surface area (Å²) in [5.74, 6) is 0. The van der Waals surface area contributed by atoms with Gasteiger partial charge in [0.1, 0.15) is 6.04 Å². The van der Waals surface area contributed by atoms with Gasteiger partial charge < -0.3 is 5.32 Å². The molecule has 2 rings (SSSR count). The summed E-state index contributed by atoms with van der Waals surface area (Å²) in [6.07, 6.45) is 0.999. The van der Waals surface area contributed by atoms with Crippen LogP contribution >= 0.6 is 0 Å². The van der Waals surface area contributed by atoms with Gasteiger partial charge in [-0.1, -0.05) is 0 Å². The van der Waals surface area contributed by atoms with Gasteiger partial charge in [0.25, 0.3) is 0 Å². The fourth-order valence-corrected chi connectivity index (χ4v) is 2.42. The average Bonchev–Trinajstić information content (AvgIpc) is 2.29. The van der Waals surface area contributed by atoms with Gasteiger partial charge in [-0.25, -0.2) is 11.5 Å². The van der Waals surface area contributed by atoms with Crippen molar-refractivity contribution < 1.29 is 0 Å². The maximum atomic E-state index is 7.25. The molecule has 3 heteroatoms. The van der Waals surface area contributed by atoms with Gasteiger partial charge in [-0.3, -0.25) is 4.85 Å². The highest BCUT2D eigenvalue weighted by molar-refractivity contribution is 5.20. The topological polar surface area (TPSA) is 19.6 Å². The van der Waals surface area contributed by atoms with Crippen molar-refractivity contribution in [3.05, 3.63) is 11.4 Å². The van der Waals surface area contributed by atoms with E-state index in [0.717, 1.165) is 19.5 Å². The molecule has 0 spiro atoms. The highest BCUT2D eigenvalue weighted by Gasteiger charge is 2.63. The second kappa shape index (κ2) is 2.45. The van der Waals surface area contributed by atoms with E-state index in [9.17, 15) is 0 Å². The minimum Gasteiger partial charge on any atom is -0.304 e. The van der Waals surface area contributed by atoms with Crippen LogP contribution < -0.4 is 5.32 Å². The van der Waals surface area contributed by atoms with Crippen LogP contribution in [0.15, 0.2) is 0 Å². The number of nitrogens with one attached hydrogen (secondary N) is 1. The second-order valence-corrected chi connectivity index (χ2v) is 3.99. The van der Waals surface area contributed by atoms with Crippen LogP contribution in [0.25, 0.3) is 4.85 Å². The largest absolute Gasteiger partial charge is 0.306 e. The molecule has 2 aliphatic heterocycles. The molecular weight excluding hydrogens is 150 g/mol. The second-order valence-electron chi connectivity index (χ2n) is 3.99. The van der Waals surface area contributed by atoms with E-state index in [0.29, 0.717) is 12.1 Å². The Kier molecular flexibility index (Phi) is 1.64. The fourth-order valence-electron chi connectivity index (χ4n) is 2.42. The SMILES string of the molecule is [C-]#[N+][C@]12CCN[C@H]1CN2C(C)C. The Balaban J connectivity index is 2.19. The number of hydrogen-bond donors (Lipinski definition) is 1. The first-order valence-electron chi connectivity index (χ1n) is 4.59. The summed E-state index contributed by atoms with van der Waals surface area (Å²) in [4.78, 5) is 6.11. The zero-order chi connectivity index (χ0) is 8.77. The molecule has 0 amide bonds. The predicted molar refractivity (Wildman–Crippen MR) is 47.6 cm³/mol. The lowest BCUT2D eigenvalue weighted by Crippen LogP contribution is -2.70. The lowest BCUT2D eigenvalue weighted by molar-refractivity contribution is -0.0181. The summed E-state index contributed by atoms with van der Waals surface area (Å²) in [7, 11) is 0. The molecule has 2 heterocycles. The minimum atomic E-state index is -0.172. The molecule has 0 aromatic carbocycles. The van der Waals surface area contributed by atoms with Crippen LogP contribution in [0.5, 0.6) is 0 Å². The number of rotatable bonds is 1. The van der Waals surface area contributed by atoms with Crippen molar-refractivity contribution in [3.8, 4) is 0 Å². The van der Waals surface area contributed by atoms with Gasteiger partial charge in [0.15, 0.2) is 0 Å². The Morgan fingerprint density at radius 3 is 2.92 bits per heavy atom. The Morgan fingerprint density at radius 2 is 2.42 bits per heavy atom. The molecule has 0 radical (unpaired) electrons. The van der Waals surface area contributed by atoms with Gasteiger partial charge >= 0.3 is 5.66 Å². The summed E-state index contributed by atoms with van der Waals surface area (Å²) in [6, 6.07) is 0.952. The maximum absolute atomic E-state index is 7.25. The van der Waals surface area contributed by atoms with E-state index in [1.165, 1.54) is 0 Å². The van der Waals surface area contributed by atoms with Crippen LogP contribution in [0.1, 0.15) is 20.3 Å². The number of fused-ring (bicyclic) bond motifs is 1. The van der Waals surface area contributed by atoms with Gasteiger partial charge in [-0.2, -0.15) is 0 Å². The molecular formula is C9H15N3. The summed E-state index contributed by atoms with van der Waals surface area (Å²) in [5.41, 5.74) is -0.172. The predicted octanol–water partition coefficient (Wildman–Crippen LogP) is 0.688. The molecule has 3 nitrogen and oxygen atoms in total. The highest BCUT2D eigenvalue weighted by Crippen LogP contribution is 2.40. The van der Waals surface area contributed by atoms with Crippen molar-refractivity contribution in [3.63, 3.8) is 0 Å². The number of likely N-dealkylation sites (tertiary alicyclic amines) is 1. The first-order chi connectivity index (χ1) is 5.70. The van der Waals surface area contributed by atoms with Crippen LogP contribution in [0, 0.1) is 6.57 Å². The summed E-state index contributed by atoms with van der Waals surface area (Å²) >= 11 is 0. The maximum Gasteiger partial charge on any atom is 0.306 e. The first-order valence-corrected chi connectivity index (χ1v) is 4.59. The lowest BCUT2D eigenvalue weighted by atomic mass is 9.88. The van der Waals surface area contributed by atoms with Gasteiger partial charge in [0, 0.05) is 19.1 Å². The van der Waals surface area contributed by atoms with Crippen molar-refractivity contribution in [1.29, 1.82) is 0 Å². The zero-order valence-electron chi connectivity index (χ0n) is 7.67. The summed E-state index contributed by atoms with van der Waals surface area (Å²) in [6.45, 7) is 13.6. The summed E-state index contributed by atoms with van der Waals surface area (Å²) in [5, 5.41) is 3.38. The van der Waals surface area contributed by atoms with Crippen LogP contribution in [-0.4, -0.2) is 35.7 Å². The minimum absolute atomic E-state index is 0.172. The van der Waals surface area contributed by atoms with E-state index in [-0.39, 0.29) is 5.66 Å². The summed E-state index contributed by atoms with van der Waals surface area (Å²) < 4.78 is 0. The van der Waals surface area contributed by atoms with E-state index in [1.54, 1.807) is 0 Å². The molecule has 0 aromatic rings. The molecule has 0 saturated carbocycles. The number of nitrogens with zero attached hydrogens (tertiary/aromatic N) is 2. The van der Waals surface area contributed by atoms with Crippen molar-refractivity contribution in [2.75, 3.05) is 13.1 Å². The third-order valence-electron chi connectivity index (χ3n) is 3.14. The van der Waals surface area contributed by atoms with Crippen molar-refractivity contribution in [2.45, 2.75) is 38.0 Å².